The molecule has 1 N–H and O–H groups in total. The SMILES string of the molecule is Cn1cc(-c2ncccc2NC(=O)c2cnn(-c3ccc(C(F)(F)F)cc3)c2)cn1. The number of carbonyl (C=O) groups excluding carboxylic acids is 1. The third-order valence-electron chi connectivity index (χ3n) is 4.34. The van der Waals surface area contributed by atoms with E-state index in [1.165, 1.54) is 29.2 Å². The number of anilines is 1. The number of aromatic nitrogens is 5. The molecule has 0 atom stereocenters. The van der Waals surface area contributed by atoms with Crippen LogP contribution in [0.25, 0.3) is 16.9 Å². The van der Waals surface area contributed by atoms with Gasteiger partial charge in [-0.05, 0) is 36.4 Å². The molecule has 4 rings (SSSR count). The molecular weight excluding hydrogens is 397 g/mol. The van der Waals surface area contributed by atoms with Gasteiger partial charge in [0.25, 0.3) is 5.91 Å². The van der Waals surface area contributed by atoms with Gasteiger partial charge < -0.3 is 5.32 Å². The predicted molar refractivity (Wildman–Crippen MR) is 103 cm³/mol. The molecule has 0 saturated carbocycles. The van der Waals surface area contributed by atoms with Crippen molar-refractivity contribution in [2.24, 2.45) is 7.05 Å². The summed E-state index contributed by atoms with van der Waals surface area (Å²) in [5.41, 5.74) is 1.70. The zero-order valence-electron chi connectivity index (χ0n) is 15.6. The molecule has 152 valence electrons. The number of amides is 1. The lowest BCUT2D eigenvalue weighted by Gasteiger charge is -2.08. The molecule has 0 spiro atoms. The van der Waals surface area contributed by atoms with E-state index in [1.54, 1.807) is 42.5 Å². The number of hydrogen-bond donors (Lipinski definition) is 1. The second kappa shape index (κ2) is 7.47. The standard InChI is InChI=1S/C20H15F3N6O/c1-28-11-13(9-25-28)18-17(3-2-8-24-18)27-19(30)14-10-26-29(12-14)16-6-4-15(5-7-16)20(21,22)23/h2-12H,1H3,(H,27,30). The van der Waals surface area contributed by atoms with Gasteiger partial charge in [0, 0.05) is 31.2 Å². The van der Waals surface area contributed by atoms with Crippen molar-refractivity contribution in [1.82, 2.24) is 24.5 Å². The van der Waals surface area contributed by atoms with Crippen LogP contribution in [0.1, 0.15) is 15.9 Å². The Labute approximate surface area is 168 Å². The molecule has 0 aliphatic rings. The van der Waals surface area contributed by atoms with Crippen molar-refractivity contribution in [2.45, 2.75) is 6.18 Å². The number of halogens is 3. The summed E-state index contributed by atoms with van der Waals surface area (Å²) in [5.74, 6) is -0.425. The molecule has 0 saturated heterocycles. The van der Waals surface area contributed by atoms with E-state index in [4.69, 9.17) is 0 Å². The van der Waals surface area contributed by atoms with Gasteiger partial charge in [0.2, 0.25) is 0 Å². The van der Waals surface area contributed by atoms with Gasteiger partial charge in [-0.25, -0.2) is 4.68 Å². The van der Waals surface area contributed by atoms with Crippen molar-refractivity contribution >= 4 is 11.6 Å². The van der Waals surface area contributed by atoms with E-state index in [1.807, 2.05) is 0 Å². The molecule has 0 unspecified atom stereocenters. The molecular formula is C20H15F3N6O. The number of nitrogens with one attached hydrogen (secondary N) is 1. The fraction of sp³-hybridized carbons (Fsp3) is 0.100. The lowest BCUT2D eigenvalue weighted by molar-refractivity contribution is -0.137. The molecule has 3 heterocycles. The molecule has 0 aliphatic carbocycles. The van der Waals surface area contributed by atoms with Crippen LogP contribution in [0, 0.1) is 0 Å². The minimum absolute atomic E-state index is 0.246. The Morgan fingerprint density at radius 2 is 1.80 bits per heavy atom. The van der Waals surface area contributed by atoms with Crippen molar-refractivity contribution in [2.75, 3.05) is 5.32 Å². The van der Waals surface area contributed by atoms with E-state index >= 15 is 0 Å². The molecule has 0 radical (unpaired) electrons. The van der Waals surface area contributed by atoms with Crippen LogP contribution in [0.2, 0.25) is 0 Å². The fourth-order valence-electron chi connectivity index (χ4n) is 2.86. The Kier molecular flexibility index (Phi) is 4.82. The second-order valence-electron chi connectivity index (χ2n) is 6.47. The summed E-state index contributed by atoms with van der Waals surface area (Å²) >= 11 is 0. The summed E-state index contributed by atoms with van der Waals surface area (Å²) < 4.78 is 41.1. The van der Waals surface area contributed by atoms with Gasteiger partial charge in [-0.1, -0.05) is 0 Å². The Morgan fingerprint density at radius 1 is 1.03 bits per heavy atom. The summed E-state index contributed by atoms with van der Waals surface area (Å²) in [6.07, 6.45) is 3.40. The van der Waals surface area contributed by atoms with Crippen molar-refractivity contribution in [1.29, 1.82) is 0 Å². The first-order valence-corrected chi connectivity index (χ1v) is 8.79. The highest BCUT2D eigenvalue weighted by atomic mass is 19.4. The maximum Gasteiger partial charge on any atom is 0.416 e. The topological polar surface area (TPSA) is 77.6 Å². The molecule has 10 heteroatoms. The van der Waals surface area contributed by atoms with E-state index in [2.05, 4.69) is 20.5 Å². The van der Waals surface area contributed by atoms with E-state index in [0.717, 1.165) is 17.7 Å². The fourth-order valence-corrected chi connectivity index (χ4v) is 2.86. The Morgan fingerprint density at radius 3 is 2.47 bits per heavy atom. The van der Waals surface area contributed by atoms with Crippen LogP contribution in [0.3, 0.4) is 0 Å². The smallest absolute Gasteiger partial charge is 0.320 e. The summed E-state index contributed by atoms with van der Waals surface area (Å²) in [6.45, 7) is 0. The van der Waals surface area contributed by atoms with Crippen molar-refractivity contribution < 1.29 is 18.0 Å². The Bertz CT molecular complexity index is 1190. The first-order chi connectivity index (χ1) is 14.3. The van der Waals surface area contributed by atoms with Gasteiger partial charge in [0.05, 0.1) is 40.6 Å². The quantitative estimate of drug-likeness (QED) is 0.551. The number of aryl methyl sites for hydroxylation is 1. The van der Waals surface area contributed by atoms with Crippen LogP contribution < -0.4 is 5.32 Å². The number of nitrogens with zero attached hydrogens (tertiary/aromatic N) is 5. The lowest BCUT2D eigenvalue weighted by Crippen LogP contribution is -2.12. The highest BCUT2D eigenvalue weighted by Gasteiger charge is 2.30. The van der Waals surface area contributed by atoms with Gasteiger partial charge in [-0.15, -0.1) is 0 Å². The highest BCUT2D eigenvalue weighted by Crippen LogP contribution is 2.29. The number of carbonyl (C=O) groups is 1. The van der Waals surface area contributed by atoms with Crippen LogP contribution in [-0.2, 0) is 13.2 Å². The lowest BCUT2D eigenvalue weighted by atomic mass is 10.2. The van der Waals surface area contributed by atoms with Crippen molar-refractivity contribution in [3.63, 3.8) is 0 Å². The zero-order valence-corrected chi connectivity index (χ0v) is 15.6. The van der Waals surface area contributed by atoms with E-state index in [0.29, 0.717) is 17.1 Å². The molecule has 0 aliphatic heterocycles. The second-order valence-corrected chi connectivity index (χ2v) is 6.47. The third kappa shape index (κ3) is 3.93. The first-order valence-electron chi connectivity index (χ1n) is 8.79. The minimum Gasteiger partial charge on any atom is -0.320 e. The largest absolute Gasteiger partial charge is 0.416 e. The van der Waals surface area contributed by atoms with Gasteiger partial charge in [-0.2, -0.15) is 23.4 Å². The van der Waals surface area contributed by atoms with E-state index in [-0.39, 0.29) is 5.56 Å². The van der Waals surface area contributed by atoms with Crippen molar-refractivity contribution in [3.05, 3.63) is 78.5 Å². The maximum absolute atomic E-state index is 12.7. The summed E-state index contributed by atoms with van der Waals surface area (Å²) in [5, 5.41) is 11.0. The van der Waals surface area contributed by atoms with Crippen LogP contribution in [-0.4, -0.2) is 30.5 Å². The van der Waals surface area contributed by atoms with Crippen LogP contribution in [0.5, 0.6) is 0 Å². The Balaban J connectivity index is 1.55. The van der Waals surface area contributed by atoms with Gasteiger partial charge >= 0.3 is 6.18 Å². The molecule has 3 aromatic heterocycles. The average molecular weight is 412 g/mol. The van der Waals surface area contributed by atoms with Gasteiger partial charge in [0.1, 0.15) is 0 Å². The highest BCUT2D eigenvalue weighted by molar-refractivity contribution is 6.05. The minimum atomic E-state index is -4.41. The zero-order chi connectivity index (χ0) is 21.3. The number of rotatable bonds is 4. The summed E-state index contributed by atoms with van der Waals surface area (Å²) in [7, 11) is 1.78. The normalized spacial score (nSPS) is 11.5. The monoisotopic (exact) mass is 412 g/mol. The van der Waals surface area contributed by atoms with Crippen LogP contribution >= 0.6 is 0 Å². The predicted octanol–water partition coefficient (Wildman–Crippen LogP) is 3.94. The maximum atomic E-state index is 12.7. The van der Waals surface area contributed by atoms with Gasteiger partial charge in [-0.3, -0.25) is 14.5 Å². The first kappa shape index (κ1) is 19.4. The van der Waals surface area contributed by atoms with E-state index in [9.17, 15) is 18.0 Å². The summed E-state index contributed by atoms with van der Waals surface area (Å²) in [4.78, 5) is 17.0. The van der Waals surface area contributed by atoms with Crippen LogP contribution in [0.4, 0.5) is 18.9 Å². The number of pyridine rings is 1. The average Bonchev–Trinajstić information content (AvgIpc) is 3.37. The number of hydrogen-bond acceptors (Lipinski definition) is 4. The molecule has 1 amide bonds. The molecule has 30 heavy (non-hydrogen) atoms. The number of benzene rings is 1. The van der Waals surface area contributed by atoms with E-state index < -0.39 is 17.6 Å². The Hall–Kier alpha value is -3.95. The van der Waals surface area contributed by atoms with Crippen molar-refractivity contribution in [3.8, 4) is 16.9 Å². The molecule has 4 aromatic rings. The molecule has 1 aromatic carbocycles. The van der Waals surface area contributed by atoms with Crippen LogP contribution in [0.15, 0.2) is 67.4 Å². The molecule has 0 fully saturated rings. The number of alkyl halides is 3. The molecule has 0 bridgehead atoms. The third-order valence-corrected chi connectivity index (χ3v) is 4.34. The summed E-state index contributed by atoms with van der Waals surface area (Å²) in [6, 6.07) is 7.92. The van der Waals surface area contributed by atoms with Gasteiger partial charge in [0.15, 0.2) is 0 Å². The molecule has 7 nitrogen and oxygen atoms in total.